The summed E-state index contributed by atoms with van der Waals surface area (Å²) in [6.45, 7) is 3.99. The molecule has 7 nitrogen and oxygen atoms in total. The zero-order valence-electron chi connectivity index (χ0n) is 10.1. The molecule has 18 heavy (non-hydrogen) atoms. The smallest absolute Gasteiger partial charge is 0.271 e. The molecule has 0 unspecified atom stereocenters. The van der Waals surface area contributed by atoms with Crippen molar-refractivity contribution < 1.29 is 4.92 Å². The summed E-state index contributed by atoms with van der Waals surface area (Å²) < 4.78 is 1.86. The summed E-state index contributed by atoms with van der Waals surface area (Å²) in [4.78, 5) is 10.2. The molecule has 0 aliphatic rings. The summed E-state index contributed by atoms with van der Waals surface area (Å²) in [5.74, 6) is 0.609. The SMILES string of the molecule is CC(C)n1cnnc1-c1ccc([N+](=O)[O-])cc1N. The molecular weight excluding hydrogens is 234 g/mol. The van der Waals surface area contributed by atoms with Crippen LogP contribution in [0, 0.1) is 10.1 Å². The molecule has 0 radical (unpaired) electrons. The highest BCUT2D eigenvalue weighted by Gasteiger charge is 2.15. The number of nitro groups is 1. The highest BCUT2D eigenvalue weighted by Crippen LogP contribution is 2.29. The molecule has 2 N–H and O–H groups in total. The first-order valence-corrected chi connectivity index (χ1v) is 5.44. The Morgan fingerprint density at radius 3 is 2.72 bits per heavy atom. The molecule has 0 fully saturated rings. The summed E-state index contributed by atoms with van der Waals surface area (Å²) in [6, 6.07) is 4.51. The van der Waals surface area contributed by atoms with Gasteiger partial charge in [0, 0.05) is 29.4 Å². The average Bonchev–Trinajstić information content (AvgIpc) is 2.77. The molecule has 7 heteroatoms. The van der Waals surface area contributed by atoms with Gasteiger partial charge in [-0.25, -0.2) is 0 Å². The minimum atomic E-state index is -0.479. The highest BCUT2D eigenvalue weighted by molar-refractivity contribution is 5.73. The second kappa shape index (κ2) is 4.44. The monoisotopic (exact) mass is 247 g/mol. The molecule has 94 valence electrons. The first kappa shape index (κ1) is 12.0. The van der Waals surface area contributed by atoms with E-state index < -0.39 is 4.92 Å². The topological polar surface area (TPSA) is 99.9 Å². The molecular formula is C11H13N5O2. The van der Waals surface area contributed by atoms with Gasteiger partial charge in [-0.05, 0) is 19.9 Å². The van der Waals surface area contributed by atoms with E-state index in [-0.39, 0.29) is 11.7 Å². The Morgan fingerprint density at radius 1 is 1.44 bits per heavy atom. The van der Waals surface area contributed by atoms with Crippen LogP contribution in [0.1, 0.15) is 19.9 Å². The van der Waals surface area contributed by atoms with E-state index in [9.17, 15) is 10.1 Å². The van der Waals surface area contributed by atoms with Gasteiger partial charge in [0.25, 0.3) is 5.69 Å². The van der Waals surface area contributed by atoms with Crippen molar-refractivity contribution in [2.45, 2.75) is 19.9 Å². The maximum absolute atomic E-state index is 10.6. The Labute approximate surface area is 103 Å². The number of non-ortho nitro benzene ring substituents is 1. The lowest BCUT2D eigenvalue weighted by Gasteiger charge is -2.11. The third kappa shape index (κ3) is 2.02. The van der Waals surface area contributed by atoms with Gasteiger partial charge >= 0.3 is 0 Å². The molecule has 0 saturated carbocycles. The number of nitrogens with zero attached hydrogens (tertiary/aromatic N) is 4. The predicted molar refractivity (Wildman–Crippen MR) is 66.9 cm³/mol. The van der Waals surface area contributed by atoms with Crippen LogP contribution in [0.3, 0.4) is 0 Å². The standard InChI is InChI=1S/C11H13N5O2/c1-7(2)15-6-13-14-11(15)9-4-3-8(16(17)18)5-10(9)12/h3-7H,12H2,1-2H3. The largest absolute Gasteiger partial charge is 0.398 e. The summed E-state index contributed by atoms with van der Waals surface area (Å²) >= 11 is 0. The van der Waals surface area contributed by atoms with E-state index in [1.807, 2.05) is 18.4 Å². The number of nitro benzene ring substituents is 1. The molecule has 1 heterocycles. The summed E-state index contributed by atoms with van der Waals surface area (Å²) in [5, 5.41) is 18.5. The van der Waals surface area contributed by atoms with E-state index in [0.29, 0.717) is 17.1 Å². The molecule has 0 aliphatic heterocycles. The molecule has 0 amide bonds. The Balaban J connectivity index is 2.51. The number of anilines is 1. The third-order valence-corrected chi connectivity index (χ3v) is 2.62. The first-order valence-electron chi connectivity index (χ1n) is 5.44. The van der Waals surface area contributed by atoms with Crippen LogP contribution < -0.4 is 5.73 Å². The van der Waals surface area contributed by atoms with Crippen molar-refractivity contribution in [3.63, 3.8) is 0 Å². The first-order chi connectivity index (χ1) is 8.50. The number of rotatable bonds is 3. The van der Waals surface area contributed by atoms with E-state index in [1.54, 1.807) is 12.4 Å². The van der Waals surface area contributed by atoms with Crippen LogP contribution in [0.2, 0.25) is 0 Å². The molecule has 2 aromatic rings. The number of nitrogens with two attached hydrogens (primary N) is 1. The van der Waals surface area contributed by atoms with Gasteiger partial charge in [-0.15, -0.1) is 10.2 Å². The predicted octanol–water partition coefficient (Wildman–Crippen LogP) is 2.02. The zero-order valence-corrected chi connectivity index (χ0v) is 10.1. The van der Waals surface area contributed by atoms with Gasteiger partial charge in [0.2, 0.25) is 0 Å². The van der Waals surface area contributed by atoms with Gasteiger partial charge in [0.05, 0.1) is 4.92 Å². The van der Waals surface area contributed by atoms with E-state index >= 15 is 0 Å². The molecule has 1 aromatic heterocycles. The van der Waals surface area contributed by atoms with Gasteiger partial charge in [-0.2, -0.15) is 0 Å². The fourth-order valence-electron chi connectivity index (χ4n) is 1.68. The molecule has 0 atom stereocenters. The molecule has 0 bridgehead atoms. The van der Waals surface area contributed by atoms with Crippen LogP contribution in [0.15, 0.2) is 24.5 Å². The summed E-state index contributed by atoms with van der Waals surface area (Å²) in [6.07, 6.45) is 1.61. The third-order valence-electron chi connectivity index (χ3n) is 2.62. The van der Waals surface area contributed by atoms with Gasteiger partial charge in [0.15, 0.2) is 5.82 Å². The molecule has 0 aliphatic carbocycles. The molecule has 2 rings (SSSR count). The highest BCUT2D eigenvalue weighted by atomic mass is 16.6. The van der Waals surface area contributed by atoms with Crippen molar-refractivity contribution >= 4 is 11.4 Å². The Kier molecular flexibility index (Phi) is 2.97. The lowest BCUT2D eigenvalue weighted by atomic mass is 10.1. The van der Waals surface area contributed by atoms with Crippen molar-refractivity contribution in [3.8, 4) is 11.4 Å². The minimum Gasteiger partial charge on any atom is -0.398 e. The number of nitrogen functional groups attached to an aromatic ring is 1. The van der Waals surface area contributed by atoms with Crippen molar-refractivity contribution in [1.82, 2.24) is 14.8 Å². The van der Waals surface area contributed by atoms with Crippen LogP contribution in [-0.2, 0) is 0 Å². The second-order valence-electron chi connectivity index (χ2n) is 4.18. The number of benzene rings is 1. The second-order valence-corrected chi connectivity index (χ2v) is 4.18. The average molecular weight is 247 g/mol. The Hall–Kier alpha value is -2.44. The molecule has 0 saturated heterocycles. The van der Waals surface area contributed by atoms with E-state index in [0.717, 1.165) is 0 Å². The van der Waals surface area contributed by atoms with Crippen LogP contribution in [0.5, 0.6) is 0 Å². The van der Waals surface area contributed by atoms with Gasteiger partial charge in [-0.1, -0.05) is 0 Å². The van der Waals surface area contributed by atoms with Gasteiger partial charge < -0.3 is 10.3 Å². The zero-order chi connectivity index (χ0) is 13.3. The van der Waals surface area contributed by atoms with Crippen molar-refractivity contribution in [3.05, 3.63) is 34.6 Å². The summed E-state index contributed by atoms with van der Waals surface area (Å²) in [7, 11) is 0. The van der Waals surface area contributed by atoms with Crippen LogP contribution in [0.25, 0.3) is 11.4 Å². The van der Waals surface area contributed by atoms with Gasteiger partial charge in [-0.3, -0.25) is 10.1 Å². The van der Waals surface area contributed by atoms with E-state index in [1.165, 1.54) is 12.1 Å². The quantitative estimate of drug-likeness (QED) is 0.508. The number of hydrogen-bond donors (Lipinski definition) is 1. The number of aromatic nitrogens is 3. The van der Waals surface area contributed by atoms with Crippen LogP contribution in [0.4, 0.5) is 11.4 Å². The van der Waals surface area contributed by atoms with Crippen molar-refractivity contribution in [1.29, 1.82) is 0 Å². The maximum atomic E-state index is 10.6. The Morgan fingerprint density at radius 2 is 2.17 bits per heavy atom. The van der Waals surface area contributed by atoms with Crippen LogP contribution in [-0.4, -0.2) is 19.7 Å². The Bertz CT molecular complexity index is 591. The van der Waals surface area contributed by atoms with E-state index in [2.05, 4.69) is 10.2 Å². The molecule has 1 aromatic carbocycles. The normalized spacial score (nSPS) is 10.8. The summed E-state index contributed by atoms with van der Waals surface area (Å²) in [5.41, 5.74) is 6.76. The van der Waals surface area contributed by atoms with Crippen molar-refractivity contribution in [2.75, 3.05) is 5.73 Å². The minimum absolute atomic E-state index is 0.0353. The fourth-order valence-corrected chi connectivity index (χ4v) is 1.68. The van der Waals surface area contributed by atoms with Gasteiger partial charge in [0.1, 0.15) is 6.33 Å². The maximum Gasteiger partial charge on any atom is 0.271 e. The van der Waals surface area contributed by atoms with Crippen molar-refractivity contribution in [2.24, 2.45) is 0 Å². The molecule has 0 spiro atoms. The number of hydrogen-bond acceptors (Lipinski definition) is 5. The fraction of sp³-hybridized carbons (Fsp3) is 0.273. The van der Waals surface area contributed by atoms with Crippen LogP contribution >= 0.6 is 0 Å². The lowest BCUT2D eigenvalue weighted by molar-refractivity contribution is -0.384. The van der Waals surface area contributed by atoms with E-state index in [4.69, 9.17) is 5.73 Å². The lowest BCUT2D eigenvalue weighted by Crippen LogP contribution is -2.03.